The minimum atomic E-state index is -0.0652. The molecule has 120 valence electrons. The zero-order valence-electron chi connectivity index (χ0n) is 12.9. The molecule has 0 bridgehead atoms. The van der Waals surface area contributed by atoms with Crippen molar-refractivity contribution in [2.45, 2.75) is 6.54 Å². The number of aromatic nitrogens is 2. The van der Waals surface area contributed by atoms with E-state index in [1.54, 1.807) is 17.7 Å². The van der Waals surface area contributed by atoms with E-state index >= 15 is 0 Å². The van der Waals surface area contributed by atoms with Gasteiger partial charge in [0, 0.05) is 19.2 Å². The van der Waals surface area contributed by atoms with E-state index in [0.717, 1.165) is 11.1 Å². The predicted molar refractivity (Wildman–Crippen MR) is 88.7 cm³/mol. The molecule has 0 unspecified atom stereocenters. The smallest absolute Gasteiger partial charge is 0.295 e. The van der Waals surface area contributed by atoms with Crippen LogP contribution in [0.2, 0.25) is 0 Å². The molecule has 1 aromatic heterocycles. The van der Waals surface area contributed by atoms with E-state index in [0.29, 0.717) is 36.7 Å². The van der Waals surface area contributed by atoms with Crippen molar-refractivity contribution < 1.29 is 14.6 Å². The van der Waals surface area contributed by atoms with Crippen LogP contribution in [0.4, 0.5) is 5.69 Å². The van der Waals surface area contributed by atoms with Crippen LogP contribution in [-0.2, 0) is 11.3 Å². The molecule has 0 saturated heterocycles. The number of fused-ring (bicyclic) bond motifs is 1. The van der Waals surface area contributed by atoms with Crippen LogP contribution in [0.25, 0.3) is 11.0 Å². The Hall–Kier alpha value is -2.73. The molecule has 0 aliphatic heterocycles. The fraction of sp³-hybridized carbons (Fsp3) is 0.235. The Kier molecular flexibility index (Phi) is 4.34. The van der Waals surface area contributed by atoms with E-state index in [1.807, 2.05) is 36.4 Å². The Bertz CT molecular complexity index is 800. The molecule has 3 rings (SSSR count). The summed E-state index contributed by atoms with van der Waals surface area (Å²) in [6.45, 7) is 1.43. The number of anilines is 1. The van der Waals surface area contributed by atoms with Crippen LogP contribution >= 0.6 is 0 Å². The van der Waals surface area contributed by atoms with Crippen molar-refractivity contribution in [1.29, 1.82) is 0 Å². The van der Waals surface area contributed by atoms with Gasteiger partial charge in [-0.25, -0.2) is 0 Å². The van der Waals surface area contributed by atoms with Crippen molar-refractivity contribution in [3.8, 4) is 11.8 Å². The monoisotopic (exact) mass is 313 g/mol. The fourth-order valence-corrected chi connectivity index (χ4v) is 2.46. The average molecular weight is 313 g/mol. The lowest BCUT2D eigenvalue weighted by Gasteiger charge is -2.09. The maximum absolute atomic E-state index is 10.2. The highest BCUT2D eigenvalue weighted by Crippen LogP contribution is 2.30. The van der Waals surface area contributed by atoms with Crippen LogP contribution in [0.5, 0.6) is 11.8 Å². The molecule has 0 saturated carbocycles. The first-order valence-corrected chi connectivity index (χ1v) is 7.33. The van der Waals surface area contributed by atoms with E-state index in [2.05, 4.69) is 4.98 Å². The molecule has 2 aromatic carbocycles. The number of methoxy groups -OCH3 is 1. The van der Waals surface area contributed by atoms with E-state index in [1.165, 1.54) is 0 Å². The van der Waals surface area contributed by atoms with E-state index in [9.17, 15) is 5.11 Å². The maximum Gasteiger partial charge on any atom is 0.295 e. The molecule has 1 heterocycles. The zero-order chi connectivity index (χ0) is 16.2. The van der Waals surface area contributed by atoms with Gasteiger partial charge in [-0.2, -0.15) is 4.98 Å². The Morgan fingerprint density at radius 3 is 2.70 bits per heavy atom. The van der Waals surface area contributed by atoms with Gasteiger partial charge in [0.25, 0.3) is 6.01 Å². The van der Waals surface area contributed by atoms with E-state index in [-0.39, 0.29) is 6.01 Å². The molecule has 0 aliphatic rings. The van der Waals surface area contributed by atoms with Gasteiger partial charge in [0.15, 0.2) is 0 Å². The molecule has 0 atom stereocenters. The third-order valence-electron chi connectivity index (χ3n) is 3.58. The Morgan fingerprint density at radius 1 is 1.17 bits per heavy atom. The SMILES string of the molecule is COCCOc1cc(N)c2nc(O)n(Cc3ccccc3)c2c1. The van der Waals surface area contributed by atoms with E-state index < -0.39 is 0 Å². The van der Waals surface area contributed by atoms with Crippen LogP contribution in [0.1, 0.15) is 5.56 Å². The summed E-state index contributed by atoms with van der Waals surface area (Å²) in [6, 6.07) is 13.3. The molecular formula is C17H19N3O3. The number of ether oxygens (including phenoxy) is 2. The predicted octanol–water partition coefficient (Wildman–Crippen LogP) is 2.40. The summed E-state index contributed by atoms with van der Waals surface area (Å²) < 4.78 is 12.3. The van der Waals surface area contributed by atoms with Crippen molar-refractivity contribution >= 4 is 16.7 Å². The molecule has 0 aliphatic carbocycles. The van der Waals surface area contributed by atoms with Gasteiger partial charge in [0.2, 0.25) is 0 Å². The highest BCUT2D eigenvalue weighted by Gasteiger charge is 2.14. The molecule has 0 spiro atoms. The average Bonchev–Trinajstić information content (AvgIpc) is 2.86. The molecule has 3 aromatic rings. The molecule has 6 nitrogen and oxygen atoms in total. The van der Waals surface area contributed by atoms with Crippen LogP contribution in [-0.4, -0.2) is 35.0 Å². The summed E-state index contributed by atoms with van der Waals surface area (Å²) in [5.41, 5.74) is 8.87. The van der Waals surface area contributed by atoms with Crippen LogP contribution < -0.4 is 10.5 Å². The largest absolute Gasteiger partial charge is 0.491 e. The van der Waals surface area contributed by atoms with Crippen molar-refractivity contribution in [1.82, 2.24) is 9.55 Å². The van der Waals surface area contributed by atoms with E-state index in [4.69, 9.17) is 15.2 Å². The number of benzene rings is 2. The molecule has 0 radical (unpaired) electrons. The second-order valence-electron chi connectivity index (χ2n) is 5.21. The first-order valence-electron chi connectivity index (χ1n) is 7.33. The molecule has 3 N–H and O–H groups in total. The summed E-state index contributed by atoms with van der Waals surface area (Å²) in [5, 5.41) is 10.2. The lowest BCUT2D eigenvalue weighted by molar-refractivity contribution is 0.146. The van der Waals surface area contributed by atoms with Gasteiger partial charge in [-0.05, 0) is 5.56 Å². The Labute approximate surface area is 134 Å². The molecule has 6 heteroatoms. The van der Waals surface area contributed by atoms with Crippen LogP contribution in [0, 0.1) is 0 Å². The Balaban J connectivity index is 1.98. The number of rotatable bonds is 6. The fourth-order valence-electron chi connectivity index (χ4n) is 2.46. The third kappa shape index (κ3) is 3.22. The minimum absolute atomic E-state index is 0.0652. The number of nitrogen functional groups attached to an aromatic ring is 1. The van der Waals surface area contributed by atoms with Gasteiger partial charge < -0.3 is 20.3 Å². The first-order chi connectivity index (χ1) is 11.2. The number of hydrogen-bond donors (Lipinski definition) is 2. The number of nitrogens with two attached hydrogens (primary N) is 1. The maximum atomic E-state index is 10.2. The highest BCUT2D eigenvalue weighted by atomic mass is 16.5. The lowest BCUT2D eigenvalue weighted by atomic mass is 10.2. The quantitative estimate of drug-likeness (QED) is 0.539. The van der Waals surface area contributed by atoms with Crippen molar-refractivity contribution in [3.63, 3.8) is 0 Å². The van der Waals surface area contributed by atoms with Crippen molar-refractivity contribution in [3.05, 3.63) is 48.0 Å². The van der Waals surface area contributed by atoms with Gasteiger partial charge >= 0.3 is 0 Å². The minimum Gasteiger partial charge on any atom is -0.491 e. The molecule has 0 fully saturated rings. The number of hydrogen-bond acceptors (Lipinski definition) is 5. The standard InChI is InChI=1S/C17H19N3O3/c1-22-7-8-23-13-9-14(18)16-15(10-13)20(17(21)19-16)11-12-5-3-2-4-6-12/h2-6,9-10H,7-8,11,18H2,1H3,(H,19,21). The number of nitrogens with zero attached hydrogens (tertiary/aromatic N) is 2. The van der Waals surface area contributed by atoms with Crippen molar-refractivity contribution in [2.75, 3.05) is 26.1 Å². The normalized spacial score (nSPS) is 11.0. The molecule has 0 amide bonds. The summed E-state index contributed by atoms with van der Waals surface area (Å²) in [7, 11) is 1.62. The summed E-state index contributed by atoms with van der Waals surface area (Å²) >= 11 is 0. The number of imidazole rings is 1. The van der Waals surface area contributed by atoms with Gasteiger partial charge in [0.1, 0.15) is 17.9 Å². The lowest BCUT2D eigenvalue weighted by Crippen LogP contribution is -2.05. The highest BCUT2D eigenvalue weighted by molar-refractivity contribution is 5.89. The van der Waals surface area contributed by atoms with Crippen molar-refractivity contribution in [2.24, 2.45) is 0 Å². The van der Waals surface area contributed by atoms with Gasteiger partial charge in [0.05, 0.1) is 24.4 Å². The number of aromatic hydroxyl groups is 1. The summed E-state index contributed by atoms with van der Waals surface area (Å²) in [5.74, 6) is 0.626. The summed E-state index contributed by atoms with van der Waals surface area (Å²) in [4.78, 5) is 4.16. The second kappa shape index (κ2) is 6.58. The zero-order valence-corrected chi connectivity index (χ0v) is 12.9. The van der Waals surface area contributed by atoms with Crippen LogP contribution in [0.15, 0.2) is 42.5 Å². The molecule has 23 heavy (non-hydrogen) atoms. The first kappa shape index (κ1) is 15.2. The summed E-state index contributed by atoms with van der Waals surface area (Å²) in [6.07, 6.45) is 0. The molecular weight excluding hydrogens is 294 g/mol. The van der Waals surface area contributed by atoms with Gasteiger partial charge in [-0.15, -0.1) is 0 Å². The van der Waals surface area contributed by atoms with Gasteiger partial charge in [-0.1, -0.05) is 30.3 Å². The second-order valence-corrected chi connectivity index (χ2v) is 5.21. The Morgan fingerprint density at radius 2 is 1.96 bits per heavy atom. The third-order valence-corrected chi connectivity index (χ3v) is 3.58. The topological polar surface area (TPSA) is 82.5 Å². The van der Waals surface area contributed by atoms with Crippen LogP contribution in [0.3, 0.4) is 0 Å². The van der Waals surface area contributed by atoms with Gasteiger partial charge in [-0.3, -0.25) is 4.57 Å².